The number of benzene rings is 4. The van der Waals surface area contributed by atoms with Gasteiger partial charge in [0.05, 0.1) is 6.04 Å². The first kappa shape index (κ1) is 30.1. The van der Waals surface area contributed by atoms with E-state index in [0.717, 1.165) is 27.1 Å². The van der Waals surface area contributed by atoms with Crippen molar-refractivity contribution in [2.75, 3.05) is 13.1 Å². The average Bonchev–Trinajstić information content (AvgIpc) is 3.25. The second-order valence-corrected chi connectivity index (χ2v) is 13.0. The number of aromatic nitrogens is 1. The highest BCUT2D eigenvalue weighted by atomic mass is 32.2. The molecule has 2 N–H and O–H groups in total. The molecule has 1 fully saturated rings. The molecule has 0 radical (unpaired) electrons. The number of ketones is 1. The van der Waals surface area contributed by atoms with Gasteiger partial charge in [-0.05, 0) is 51.7 Å². The Bertz CT molecular complexity index is 1990. The molecule has 4 aromatic carbocycles. The number of hydrogen-bond donors (Lipinski definition) is 2. The van der Waals surface area contributed by atoms with Gasteiger partial charge in [-0.15, -0.1) is 0 Å². The maximum Gasteiger partial charge on any atom is 0.260 e. The Labute approximate surface area is 261 Å². The van der Waals surface area contributed by atoms with Gasteiger partial charge in [-0.1, -0.05) is 84.9 Å². The third-order valence-corrected chi connectivity index (χ3v) is 9.95. The minimum Gasteiger partial charge on any atom is -0.344 e. The SMILES string of the molecule is O=C(NC(Cc1ccc2ccccc2c1)C(=O)N[C@@H]1CCN(S(=O)(=O)c2ccccn2)CCC1=O)c1cccc2ccccc12. The molecule has 0 spiro atoms. The van der Waals surface area contributed by atoms with Crippen LogP contribution in [-0.4, -0.2) is 60.5 Å². The van der Waals surface area contributed by atoms with Crippen LogP contribution in [0.3, 0.4) is 0 Å². The van der Waals surface area contributed by atoms with Crippen molar-refractivity contribution in [3.63, 3.8) is 0 Å². The summed E-state index contributed by atoms with van der Waals surface area (Å²) in [5.74, 6) is -1.20. The fourth-order valence-electron chi connectivity index (χ4n) is 5.72. The molecule has 228 valence electrons. The van der Waals surface area contributed by atoms with Crippen LogP contribution in [0.15, 0.2) is 114 Å². The number of nitrogens with one attached hydrogen (secondary N) is 2. The molecule has 1 unspecified atom stereocenters. The predicted octanol–water partition coefficient (Wildman–Crippen LogP) is 4.27. The van der Waals surface area contributed by atoms with E-state index in [-0.39, 0.29) is 43.2 Å². The van der Waals surface area contributed by atoms with Gasteiger partial charge in [-0.25, -0.2) is 13.4 Å². The van der Waals surface area contributed by atoms with Gasteiger partial charge in [0.25, 0.3) is 15.9 Å². The number of fused-ring (bicyclic) bond motifs is 2. The van der Waals surface area contributed by atoms with Gasteiger partial charge in [0.15, 0.2) is 10.8 Å². The summed E-state index contributed by atoms with van der Waals surface area (Å²) in [5.41, 5.74) is 1.28. The molecule has 2 heterocycles. The summed E-state index contributed by atoms with van der Waals surface area (Å²) in [4.78, 5) is 44.6. The number of pyridine rings is 1. The second kappa shape index (κ2) is 13.0. The lowest BCUT2D eigenvalue weighted by atomic mass is 9.99. The molecule has 0 aliphatic carbocycles. The summed E-state index contributed by atoms with van der Waals surface area (Å²) in [6.45, 7) is 0.0236. The number of sulfonamides is 1. The monoisotopic (exact) mass is 620 g/mol. The smallest absolute Gasteiger partial charge is 0.260 e. The van der Waals surface area contributed by atoms with E-state index < -0.39 is 33.9 Å². The standard InChI is InChI=1S/C35H32N4O5S/c40-32-18-21-39(45(43,44)33-14-5-6-19-36-33)20-17-30(32)37-35(42)31(23-24-15-16-25-8-1-2-10-27(25)22-24)38-34(41)29-13-7-11-26-9-3-4-12-28(26)29/h1-16,19,22,30-31H,17-18,20-21,23H2,(H,37,42)(H,38,41)/t30-,31?/m1/s1. The fourth-order valence-corrected chi connectivity index (χ4v) is 7.11. The molecule has 0 bridgehead atoms. The van der Waals surface area contributed by atoms with E-state index in [4.69, 9.17) is 0 Å². The van der Waals surface area contributed by atoms with E-state index in [1.165, 1.54) is 16.6 Å². The zero-order valence-corrected chi connectivity index (χ0v) is 25.2. The largest absolute Gasteiger partial charge is 0.344 e. The van der Waals surface area contributed by atoms with E-state index in [1.54, 1.807) is 24.3 Å². The average molecular weight is 621 g/mol. The summed E-state index contributed by atoms with van der Waals surface area (Å²) in [6, 6.07) is 29.4. The van der Waals surface area contributed by atoms with Crippen LogP contribution in [0.1, 0.15) is 28.8 Å². The van der Waals surface area contributed by atoms with Crippen LogP contribution >= 0.6 is 0 Å². The van der Waals surface area contributed by atoms with Crippen LogP contribution in [0.25, 0.3) is 21.5 Å². The van der Waals surface area contributed by atoms with Crippen LogP contribution < -0.4 is 10.6 Å². The molecule has 2 amide bonds. The Morgan fingerprint density at radius 3 is 2.38 bits per heavy atom. The van der Waals surface area contributed by atoms with Gasteiger partial charge in [0.2, 0.25) is 5.91 Å². The molecule has 6 rings (SSSR count). The number of Topliss-reactive ketones (excluding diaryl/α,β-unsaturated/α-hetero) is 1. The Kier molecular flexibility index (Phi) is 8.68. The third kappa shape index (κ3) is 6.62. The minimum absolute atomic E-state index is 0.0115. The zero-order chi connectivity index (χ0) is 31.4. The first-order chi connectivity index (χ1) is 21.8. The normalized spacial score (nSPS) is 16.6. The molecule has 1 aromatic heterocycles. The molecule has 0 saturated carbocycles. The maximum absolute atomic E-state index is 13.8. The second-order valence-electron chi connectivity index (χ2n) is 11.1. The van der Waals surface area contributed by atoms with Gasteiger partial charge in [0.1, 0.15) is 6.04 Å². The van der Waals surface area contributed by atoms with Crippen LogP contribution in [0.2, 0.25) is 0 Å². The Balaban J connectivity index is 1.23. The van der Waals surface area contributed by atoms with E-state index in [9.17, 15) is 22.8 Å². The van der Waals surface area contributed by atoms with Crippen LogP contribution in [-0.2, 0) is 26.0 Å². The summed E-state index contributed by atoms with van der Waals surface area (Å²) < 4.78 is 27.5. The van der Waals surface area contributed by atoms with Crippen LogP contribution in [0.4, 0.5) is 0 Å². The topological polar surface area (TPSA) is 126 Å². The minimum atomic E-state index is -3.90. The highest BCUT2D eigenvalue weighted by molar-refractivity contribution is 7.89. The van der Waals surface area contributed by atoms with Crippen molar-refractivity contribution in [3.05, 3.63) is 120 Å². The fraction of sp³-hybridized carbons (Fsp3) is 0.200. The maximum atomic E-state index is 13.8. The lowest BCUT2D eigenvalue weighted by Crippen LogP contribution is -2.52. The lowest BCUT2D eigenvalue weighted by Gasteiger charge is -2.23. The van der Waals surface area contributed by atoms with Crippen molar-refractivity contribution in [3.8, 4) is 0 Å². The molecule has 10 heteroatoms. The van der Waals surface area contributed by atoms with Gasteiger partial charge in [0, 0.05) is 37.7 Å². The van der Waals surface area contributed by atoms with Crippen molar-refractivity contribution >= 4 is 49.2 Å². The Hall–Kier alpha value is -4.93. The van der Waals surface area contributed by atoms with Gasteiger partial charge in [-0.2, -0.15) is 4.31 Å². The molecule has 5 aromatic rings. The highest BCUT2D eigenvalue weighted by Gasteiger charge is 2.34. The van der Waals surface area contributed by atoms with E-state index in [2.05, 4.69) is 15.6 Å². The van der Waals surface area contributed by atoms with E-state index >= 15 is 0 Å². The van der Waals surface area contributed by atoms with Crippen molar-refractivity contribution < 1.29 is 22.8 Å². The van der Waals surface area contributed by atoms with Crippen LogP contribution in [0, 0.1) is 0 Å². The van der Waals surface area contributed by atoms with Crippen molar-refractivity contribution in [2.24, 2.45) is 0 Å². The highest BCUT2D eigenvalue weighted by Crippen LogP contribution is 2.21. The third-order valence-electron chi connectivity index (χ3n) is 8.13. The first-order valence-corrected chi connectivity index (χ1v) is 16.2. The first-order valence-electron chi connectivity index (χ1n) is 14.8. The van der Waals surface area contributed by atoms with Gasteiger partial charge in [-0.3, -0.25) is 14.4 Å². The number of rotatable bonds is 8. The number of carbonyl (C=O) groups excluding carboxylic acids is 3. The summed E-state index contributed by atoms with van der Waals surface area (Å²) in [7, 11) is -3.90. The molecule has 1 aliphatic rings. The van der Waals surface area contributed by atoms with Crippen molar-refractivity contribution in [2.45, 2.75) is 36.4 Å². The van der Waals surface area contributed by atoms with Gasteiger partial charge >= 0.3 is 0 Å². The number of carbonyl (C=O) groups is 3. The summed E-state index contributed by atoms with van der Waals surface area (Å²) in [5, 5.41) is 9.37. The number of nitrogens with zero attached hydrogens (tertiary/aromatic N) is 2. The molecule has 2 atom stereocenters. The molecular weight excluding hydrogens is 588 g/mol. The van der Waals surface area contributed by atoms with E-state index in [0.29, 0.717) is 5.56 Å². The van der Waals surface area contributed by atoms with Crippen molar-refractivity contribution in [1.29, 1.82) is 0 Å². The predicted molar refractivity (Wildman–Crippen MR) is 172 cm³/mol. The lowest BCUT2D eigenvalue weighted by molar-refractivity contribution is -0.128. The van der Waals surface area contributed by atoms with Crippen LogP contribution in [0.5, 0.6) is 0 Å². The number of amides is 2. The summed E-state index contributed by atoms with van der Waals surface area (Å²) >= 11 is 0. The quantitative estimate of drug-likeness (QED) is 0.267. The van der Waals surface area contributed by atoms with E-state index in [1.807, 2.05) is 72.8 Å². The molecule has 45 heavy (non-hydrogen) atoms. The van der Waals surface area contributed by atoms with Gasteiger partial charge < -0.3 is 10.6 Å². The Morgan fingerprint density at radius 1 is 0.844 bits per heavy atom. The number of hydrogen-bond acceptors (Lipinski definition) is 6. The van der Waals surface area contributed by atoms with Crippen molar-refractivity contribution in [1.82, 2.24) is 19.9 Å². The molecule has 1 aliphatic heterocycles. The molecular formula is C35H32N4O5S. The Morgan fingerprint density at radius 2 is 1.58 bits per heavy atom. The molecule has 9 nitrogen and oxygen atoms in total. The molecule has 1 saturated heterocycles. The summed E-state index contributed by atoms with van der Waals surface area (Å²) in [6.07, 6.45) is 1.63. The zero-order valence-electron chi connectivity index (χ0n) is 24.4.